The molecule has 1 atom stereocenters. The van der Waals surface area contributed by atoms with Crippen LogP contribution in [0.1, 0.15) is 33.6 Å². The highest BCUT2D eigenvalue weighted by Crippen LogP contribution is 2.04. The van der Waals surface area contributed by atoms with Gasteiger partial charge in [0.15, 0.2) is 0 Å². The predicted octanol–water partition coefficient (Wildman–Crippen LogP) is 1.95. The van der Waals surface area contributed by atoms with Crippen molar-refractivity contribution in [3.8, 4) is 0 Å². The van der Waals surface area contributed by atoms with Gasteiger partial charge < -0.3 is 10.6 Å². The van der Waals surface area contributed by atoms with E-state index in [1.807, 2.05) is 0 Å². The Bertz CT molecular complexity index is 113. The molecule has 0 bridgehead atoms. The van der Waals surface area contributed by atoms with E-state index in [4.69, 9.17) is 5.73 Å². The molecule has 0 heterocycles. The highest BCUT2D eigenvalue weighted by Gasteiger charge is 2.03. The number of nitrogens with two attached hydrogens (primary N) is 1. The molecule has 0 saturated carbocycles. The predicted molar refractivity (Wildman–Crippen MR) is 59.8 cm³/mol. The van der Waals surface area contributed by atoms with E-state index in [-0.39, 0.29) is 0 Å². The van der Waals surface area contributed by atoms with Crippen molar-refractivity contribution < 1.29 is 0 Å². The summed E-state index contributed by atoms with van der Waals surface area (Å²) < 4.78 is 0. The lowest BCUT2D eigenvalue weighted by Gasteiger charge is -2.19. The molecule has 0 aliphatic rings. The normalized spacial score (nSPS) is 14.1. The van der Waals surface area contributed by atoms with Crippen LogP contribution in [0.4, 0.5) is 0 Å². The van der Waals surface area contributed by atoms with Crippen LogP contribution in [0.15, 0.2) is 0 Å². The summed E-state index contributed by atoms with van der Waals surface area (Å²) in [5.74, 6) is 1.48. The van der Waals surface area contributed by atoms with E-state index < -0.39 is 0 Å². The molecule has 1 unspecified atom stereocenters. The molecule has 0 saturated heterocycles. The SMILES string of the molecule is CC(C)CCN(C)CCC(C)CN. The quantitative estimate of drug-likeness (QED) is 0.658. The average Bonchev–Trinajstić information content (AvgIpc) is 2.10. The minimum Gasteiger partial charge on any atom is -0.330 e. The van der Waals surface area contributed by atoms with E-state index in [1.165, 1.54) is 25.9 Å². The van der Waals surface area contributed by atoms with Crippen molar-refractivity contribution in [1.29, 1.82) is 0 Å². The Labute approximate surface area is 83.5 Å². The van der Waals surface area contributed by atoms with Crippen molar-refractivity contribution in [2.24, 2.45) is 17.6 Å². The second-order valence-corrected chi connectivity index (χ2v) is 4.62. The zero-order valence-corrected chi connectivity index (χ0v) is 9.71. The Balaban J connectivity index is 3.34. The summed E-state index contributed by atoms with van der Waals surface area (Å²) in [4.78, 5) is 2.41. The van der Waals surface area contributed by atoms with Crippen LogP contribution in [0.25, 0.3) is 0 Å². The van der Waals surface area contributed by atoms with Crippen molar-refractivity contribution in [2.75, 3.05) is 26.7 Å². The Hall–Kier alpha value is -0.0800. The Kier molecular flexibility index (Phi) is 7.29. The summed E-state index contributed by atoms with van der Waals surface area (Å²) in [5.41, 5.74) is 5.56. The van der Waals surface area contributed by atoms with Crippen LogP contribution in [0.5, 0.6) is 0 Å². The maximum absolute atomic E-state index is 5.56. The van der Waals surface area contributed by atoms with Crippen LogP contribution in [0, 0.1) is 11.8 Å². The first-order chi connectivity index (χ1) is 6.06. The average molecular weight is 186 g/mol. The van der Waals surface area contributed by atoms with Gasteiger partial charge in [0.2, 0.25) is 0 Å². The largest absolute Gasteiger partial charge is 0.330 e. The van der Waals surface area contributed by atoms with Gasteiger partial charge in [-0.2, -0.15) is 0 Å². The lowest BCUT2D eigenvalue weighted by molar-refractivity contribution is 0.289. The zero-order valence-electron chi connectivity index (χ0n) is 9.71. The smallest absolute Gasteiger partial charge is 0.00188 e. The third-order valence-corrected chi connectivity index (χ3v) is 2.49. The van der Waals surface area contributed by atoms with Crippen LogP contribution < -0.4 is 5.73 Å². The van der Waals surface area contributed by atoms with Gasteiger partial charge in [0.1, 0.15) is 0 Å². The van der Waals surface area contributed by atoms with Gasteiger partial charge in [0.05, 0.1) is 0 Å². The molecule has 0 amide bonds. The fourth-order valence-electron chi connectivity index (χ4n) is 1.15. The fraction of sp³-hybridized carbons (Fsp3) is 1.00. The van der Waals surface area contributed by atoms with Gasteiger partial charge in [-0.3, -0.25) is 0 Å². The van der Waals surface area contributed by atoms with Gasteiger partial charge in [0, 0.05) is 0 Å². The van der Waals surface area contributed by atoms with Crippen molar-refractivity contribution in [3.63, 3.8) is 0 Å². The number of hydrogen-bond acceptors (Lipinski definition) is 2. The standard InChI is InChI=1S/C11H26N2/c1-10(2)5-7-13(4)8-6-11(3)9-12/h10-11H,5-9,12H2,1-4H3. The van der Waals surface area contributed by atoms with E-state index in [0.29, 0.717) is 5.92 Å². The third kappa shape index (κ3) is 8.26. The molecule has 2 heteroatoms. The maximum Gasteiger partial charge on any atom is -0.00188 e. The van der Waals surface area contributed by atoms with Gasteiger partial charge in [0.25, 0.3) is 0 Å². The van der Waals surface area contributed by atoms with E-state index in [2.05, 4.69) is 32.7 Å². The van der Waals surface area contributed by atoms with E-state index in [9.17, 15) is 0 Å². The van der Waals surface area contributed by atoms with Gasteiger partial charge in [-0.25, -0.2) is 0 Å². The van der Waals surface area contributed by atoms with Crippen LogP contribution in [-0.4, -0.2) is 31.6 Å². The number of rotatable bonds is 7. The molecular formula is C11H26N2. The molecule has 0 rings (SSSR count). The first-order valence-corrected chi connectivity index (χ1v) is 5.44. The molecule has 0 aromatic heterocycles. The van der Waals surface area contributed by atoms with Crippen LogP contribution in [0.3, 0.4) is 0 Å². The van der Waals surface area contributed by atoms with Crippen molar-refractivity contribution in [2.45, 2.75) is 33.6 Å². The van der Waals surface area contributed by atoms with Gasteiger partial charge in [-0.1, -0.05) is 20.8 Å². The lowest BCUT2D eigenvalue weighted by Crippen LogP contribution is -2.25. The van der Waals surface area contributed by atoms with Gasteiger partial charge >= 0.3 is 0 Å². The molecule has 0 fully saturated rings. The summed E-state index contributed by atoms with van der Waals surface area (Å²) in [6.45, 7) is 9.99. The second-order valence-electron chi connectivity index (χ2n) is 4.62. The molecule has 0 aliphatic carbocycles. The molecule has 0 radical (unpaired) electrons. The van der Waals surface area contributed by atoms with E-state index in [0.717, 1.165) is 12.5 Å². The third-order valence-electron chi connectivity index (χ3n) is 2.49. The summed E-state index contributed by atoms with van der Waals surface area (Å²) >= 11 is 0. The minimum absolute atomic E-state index is 0.668. The highest BCUT2D eigenvalue weighted by atomic mass is 15.1. The minimum atomic E-state index is 0.668. The Morgan fingerprint density at radius 3 is 2.08 bits per heavy atom. The molecule has 13 heavy (non-hydrogen) atoms. The molecule has 80 valence electrons. The molecule has 0 aliphatic heterocycles. The van der Waals surface area contributed by atoms with Crippen LogP contribution >= 0.6 is 0 Å². The Morgan fingerprint density at radius 1 is 1.08 bits per heavy atom. The van der Waals surface area contributed by atoms with Gasteiger partial charge in [-0.05, 0) is 51.4 Å². The molecule has 0 spiro atoms. The monoisotopic (exact) mass is 186 g/mol. The van der Waals surface area contributed by atoms with Crippen LogP contribution in [0.2, 0.25) is 0 Å². The second kappa shape index (κ2) is 7.34. The Morgan fingerprint density at radius 2 is 1.62 bits per heavy atom. The summed E-state index contributed by atoms with van der Waals surface area (Å²) in [5, 5.41) is 0. The first-order valence-electron chi connectivity index (χ1n) is 5.44. The molecule has 0 aromatic carbocycles. The zero-order chi connectivity index (χ0) is 10.3. The lowest BCUT2D eigenvalue weighted by atomic mass is 10.1. The summed E-state index contributed by atoms with van der Waals surface area (Å²) in [6, 6.07) is 0. The molecule has 0 aromatic rings. The van der Waals surface area contributed by atoms with Crippen molar-refractivity contribution in [1.82, 2.24) is 4.90 Å². The van der Waals surface area contributed by atoms with Gasteiger partial charge in [-0.15, -0.1) is 0 Å². The first kappa shape index (κ1) is 12.9. The van der Waals surface area contributed by atoms with Crippen molar-refractivity contribution >= 4 is 0 Å². The highest BCUT2D eigenvalue weighted by molar-refractivity contribution is 4.58. The maximum atomic E-state index is 5.56. The van der Waals surface area contributed by atoms with Crippen molar-refractivity contribution in [3.05, 3.63) is 0 Å². The topological polar surface area (TPSA) is 29.3 Å². The summed E-state index contributed by atoms with van der Waals surface area (Å²) in [7, 11) is 2.20. The number of nitrogens with zero attached hydrogens (tertiary/aromatic N) is 1. The van der Waals surface area contributed by atoms with Crippen LogP contribution in [-0.2, 0) is 0 Å². The molecule has 2 N–H and O–H groups in total. The van der Waals surface area contributed by atoms with E-state index >= 15 is 0 Å². The fourth-order valence-corrected chi connectivity index (χ4v) is 1.15. The summed E-state index contributed by atoms with van der Waals surface area (Å²) in [6.07, 6.45) is 2.53. The van der Waals surface area contributed by atoms with E-state index in [1.54, 1.807) is 0 Å². The molecule has 2 nitrogen and oxygen atoms in total. The number of hydrogen-bond donors (Lipinski definition) is 1. The molecular weight excluding hydrogens is 160 g/mol.